The molecule has 2 rings (SSSR count). The molecule has 5 nitrogen and oxygen atoms in total. The summed E-state index contributed by atoms with van der Waals surface area (Å²) < 4.78 is 48.5. The molecule has 1 aliphatic heterocycles. The van der Waals surface area contributed by atoms with Crippen LogP contribution in [-0.4, -0.2) is 40.8 Å². The molecule has 2 heterocycles. The molecule has 1 fully saturated rings. The molecule has 1 aliphatic rings. The first-order chi connectivity index (χ1) is 11.0. The minimum absolute atomic E-state index is 0.110. The Balaban J connectivity index is 1.94. The van der Waals surface area contributed by atoms with Crippen LogP contribution in [0.25, 0.3) is 0 Å². The summed E-state index contributed by atoms with van der Waals surface area (Å²) in [6, 6.07) is 2.12. The predicted molar refractivity (Wildman–Crippen MR) is 80.7 cm³/mol. The molecule has 0 aromatic carbocycles. The topological polar surface area (TPSA) is 51.7 Å². The number of pyridine rings is 1. The lowest BCUT2D eigenvalue weighted by molar-refractivity contribution is -0.137. The molecule has 1 amide bonds. The van der Waals surface area contributed by atoms with Crippen molar-refractivity contribution >= 4 is 6.09 Å². The smallest absolute Gasteiger partial charge is 0.417 e. The summed E-state index contributed by atoms with van der Waals surface area (Å²) in [5, 5.41) is 0. The van der Waals surface area contributed by atoms with Gasteiger partial charge < -0.3 is 14.4 Å². The maximum absolute atomic E-state index is 12.5. The Morgan fingerprint density at radius 2 is 2.00 bits per heavy atom. The number of carbonyl (C=O) groups is 1. The van der Waals surface area contributed by atoms with Crippen LogP contribution in [0.3, 0.4) is 0 Å². The molecule has 0 saturated carbocycles. The van der Waals surface area contributed by atoms with Gasteiger partial charge in [-0.3, -0.25) is 0 Å². The van der Waals surface area contributed by atoms with Gasteiger partial charge in [-0.25, -0.2) is 9.78 Å². The van der Waals surface area contributed by atoms with Crippen molar-refractivity contribution in [3.05, 3.63) is 23.9 Å². The van der Waals surface area contributed by atoms with E-state index in [1.165, 1.54) is 6.07 Å². The quantitative estimate of drug-likeness (QED) is 0.815. The van der Waals surface area contributed by atoms with E-state index in [1.807, 2.05) is 0 Å². The van der Waals surface area contributed by atoms with Crippen LogP contribution in [0.1, 0.15) is 39.2 Å². The number of nitrogens with zero attached hydrogens (tertiary/aromatic N) is 2. The molecule has 0 spiro atoms. The van der Waals surface area contributed by atoms with E-state index in [1.54, 1.807) is 25.7 Å². The molecule has 0 radical (unpaired) electrons. The van der Waals surface area contributed by atoms with E-state index in [-0.39, 0.29) is 12.0 Å². The molecular formula is C16H21F3N2O3. The Labute approximate surface area is 138 Å². The monoisotopic (exact) mass is 346 g/mol. The largest absolute Gasteiger partial charge is 0.472 e. The highest BCUT2D eigenvalue weighted by Crippen LogP contribution is 2.29. The summed E-state index contributed by atoms with van der Waals surface area (Å²) in [5.41, 5.74) is -1.41. The Morgan fingerprint density at radius 1 is 1.29 bits per heavy atom. The van der Waals surface area contributed by atoms with Crippen molar-refractivity contribution < 1.29 is 27.4 Å². The molecule has 1 aromatic heterocycles. The van der Waals surface area contributed by atoms with E-state index < -0.39 is 23.4 Å². The van der Waals surface area contributed by atoms with Crippen LogP contribution in [0, 0.1) is 0 Å². The van der Waals surface area contributed by atoms with Crippen molar-refractivity contribution in [3.8, 4) is 5.88 Å². The van der Waals surface area contributed by atoms with Gasteiger partial charge in [-0.15, -0.1) is 0 Å². The maximum atomic E-state index is 12.5. The summed E-state index contributed by atoms with van der Waals surface area (Å²) >= 11 is 0. The fourth-order valence-corrected chi connectivity index (χ4v) is 2.32. The standard InChI is InChI=1S/C16H21F3N2O3/c1-15(2,3)24-14(22)21-8-4-5-12(10-21)23-13-7-6-11(9-20-13)16(17,18)19/h6-7,9,12H,4-5,8,10H2,1-3H3. The summed E-state index contributed by atoms with van der Waals surface area (Å²) in [5.74, 6) is 0.110. The SMILES string of the molecule is CC(C)(C)OC(=O)N1CCCC(Oc2ccc(C(F)(F)F)cn2)C1. The van der Waals surface area contributed by atoms with Gasteiger partial charge in [-0.2, -0.15) is 13.2 Å². The van der Waals surface area contributed by atoms with Crippen LogP contribution in [0.15, 0.2) is 18.3 Å². The molecule has 0 N–H and O–H groups in total. The zero-order chi connectivity index (χ0) is 18.0. The molecule has 1 atom stereocenters. The van der Waals surface area contributed by atoms with E-state index >= 15 is 0 Å². The van der Waals surface area contributed by atoms with Gasteiger partial charge in [0.1, 0.15) is 11.7 Å². The second-order valence-corrected chi connectivity index (χ2v) is 6.69. The molecule has 1 unspecified atom stereocenters. The van der Waals surface area contributed by atoms with Crippen LogP contribution in [0.2, 0.25) is 0 Å². The first-order valence-corrected chi connectivity index (χ1v) is 7.72. The highest BCUT2D eigenvalue weighted by molar-refractivity contribution is 5.68. The number of carbonyl (C=O) groups excluding carboxylic acids is 1. The van der Waals surface area contributed by atoms with Gasteiger partial charge in [0.25, 0.3) is 0 Å². The fourth-order valence-electron chi connectivity index (χ4n) is 2.32. The van der Waals surface area contributed by atoms with Gasteiger partial charge in [0.15, 0.2) is 0 Å². The lowest BCUT2D eigenvalue weighted by Crippen LogP contribution is -2.46. The van der Waals surface area contributed by atoms with E-state index in [0.717, 1.165) is 18.7 Å². The number of likely N-dealkylation sites (tertiary alicyclic amines) is 1. The molecular weight excluding hydrogens is 325 g/mol. The molecule has 0 bridgehead atoms. The van der Waals surface area contributed by atoms with Crippen LogP contribution in [0.5, 0.6) is 5.88 Å². The molecule has 24 heavy (non-hydrogen) atoms. The normalized spacial score (nSPS) is 19.1. The summed E-state index contributed by atoms with van der Waals surface area (Å²) in [4.78, 5) is 17.3. The highest BCUT2D eigenvalue weighted by Gasteiger charge is 2.31. The third-order valence-electron chi connectivity index (χ3n) is 3.38. The minimum atomic E-state index is -4.43. The Kier molecular flexibility index (Phi) is 5.25. The van der Waals surface area contributed by atoms with Crippen LogP contribution in [0.4, 0.5) is 18.0 Å². The predicted octanol–water partition coefficient (Wildman–Crippen LogP) is 3.88. The second kappa shape index (κ2) is 6.86. The summed E-state index contributed by atoms with van der Waals surface area (Å²) in [7, 11) is 0. The average molecular weight is 346 g/mol. The van der Waals surface area contributed by atoms with Crippen molar-refractivity contribution in [2.24, 2.45) is 0 Å². The Morgan fingerprint density at radius 3 is 2.54 bits per heavy atom. The maximum Gasteiger partial charge on any atom is 0.417 e. The van der Waals surface area contributed by atoms with E-state index in [2.05, 4.69) is 4.98 Å². The van der Waals surface area contributed by atoms with Crippen molar-refractivity contribution in [1.82, 2.24) is 9.88 Å². The highest BCUT2D eigenvalue weighted by atomic mass is 19.4. The van der Waals surface area contributed by atoms with Gasteiger partial charge in [0.05, 0.1) is 12.1 Å². The molecule has 0 aliphatic carbocycles. The molecule has 1 aromatic rings. The minimum Gasteiger partial charge on any atom is -0.472 e. The van der Waals surface area contributed by atoms with Crippen LogP contribution < -0.4 is 4.74 Å². The fraction of sp³-hybridized carbons (Fsp3) is 0.625. The van der Waals surface area contributed by atoms with Crippen LogP contribution in [-0.2, 0) is 10.9 Å². The lowest BCUT2D eigenvalue weighted by Gasteiger charge is -2.33. The Hall–Kier alpha value is -1.99. The van der Waals surface area contributed by atoms with Gasteiger partial charge >= 0.3 is 12.3 Å². The van der Waals surface area contributed by atoms with E-state index in [4.69, 9.17) is 9.47 Å². The number of alkyl halides is 3. The van der Waals surface area contributed by atoms with Gasteiger partial charge in [0, 0.05) is 18.8 Å². The van der Waals surface area contributed by atoms with Crippen molar-refractivity contribution in [3.63, 3.8) is 0 Å². The molecule has 134 valence electrons. The number of ether oxygens (including phenoxy) is 2. The number of piperidine rings is 1. The number of hydrogen-bond donors (Lipinski definition) is 0. The second-order valence-electron chi connectivity index (χ2n) is 6.69. The summed E-state index contributed by atoms with van der Waals surface area (Å²) in [6.45, 7) is 6.24. The van der Waals surface area contributed by atoms with Crippen molar-refractivity contribution in [2.75, 3.05) is 13.1 Å². The van der Waals surface area contributed by atoms with Crippen molar-refractivity contribution in [2.45, 2.75) is 51.5 Å². The van der Waals surface area contributed by atoms with Crippen LogP contribution >= 0.6 is 0 Å². The molecule has 8 heteroatoms. The third-order valence-corrected chi connectivity index (χ3v) is 3.38. The first-order valence-electron chi connectivity index (χ1n) is 7.72. The zero-order valence-electron chi connectivity index (χ0n) is 13.9. The lowest BCUT2D eigenvalue weighted by atomic mass is 10.1. The number of rotatable bonds is 2. The third kappa shape index (κ3) is 5.28. The van der Waals surface area contributed by atoms with Gasteiger partial charge in [-0.1, -0.05) is 0 Å². The van der Waals surface area contributed by atoms with Gasteiger partial charge in [-0.05, 0) is 39.7 Å². The van der Waals surface area contributed by atoms with E-state index in [9.17, 15) is 18.0 Å². The average Bonchev–Trinajstić information content (AvgIpc) is 2.45. The number of halogens is 3. The molecule has 1 saturated heterocycles. The van der Waals surface area contributed by atoms with Gasteiger partial charge in [0.2, 0.25) is 5.88 Å². The Bertz CT molecular complexity index is 567. The summed E-state index contributed by atoms with van der Waals surface area (Å²) in [6.07, 6.45) is -3.01. The van der Waals surface area contributed by atoms with E-state index in [0.29, 0.717) is 19.5 Å². The first kappa shape index (κ1) is 18.4. The zero-order valence-corrected chi connectivity index (χ0v) is 13.9. The number of hydrogen-bond acceptors (Lipinski definition) is 4. The number of aromatic nitrogens is 1. The number of amides is 1. The van der Waals surface area contributed by atoms with Crippen molar-refractivity contribution in [1.29, 1.82) is 0 Å².